The van der Waals surface area contributed by atoms with Gasteiger partial charge in [-0.05, 0) is 43.5 Å². The van der Waals surface area contributed by atoms with Gasteiger partial charge in [-0.15, -0.1) is 0 Å². The summed E-state index contributed by atoms with van der Waals surface area (Å²) in [6, 6.07) is 8.01. The third-order valence-electron chi connectivity index (χ3n) is 3.62. The molecule has 0 aliphatic carbocycles. The first-order valence-electron chi connectivity index (χ1n) is 6.44. The maximum Gasteiger partial charge on any atom is 0.240 e. The number of hydrogen-bond donors (Lipinski definition) is 2. The number of carbonyl (C=O) groups excluding carboxylic acids is 1. The zero-order valence-corrected chi connectivity index (χ0v) is 12.2. The molecular formula is C14H19BrN2O. The number of amides is 1. The summed E-state index contributed by atoms with van der Waals surface area (Å²) in [5.74, 6) is 0.127. The highest BCUT2D eigenvalue weighted by atomic mass is 79.9. The Labute approximate surface area is 116 Å². The molecule has 1 aromatic rings. The molecule has 1 aromatic carbocycles. The Morgan fingerprint density at radius 2 is 2.39 bits per heavy atom. The number of nitrogens with one attached hydrogen (secondary N) is 2. The first-order chi connectivity index (χ1) is 8.66. The van der Waals surface area contributed by atoms with Crippen molar-refractivity contribution in [3.8, 4) is 0 Å². The van der Waals surface area contributed by atoms with Crippen LogP contribution in [0.3, 0.4) is 0 Å². The van der Waals surface area contributed by atoms with Crippen molar-refractivity contribution < 1.29 is 4.79 Å². The van der Waals surface area contributed by atoms with E-state index >= 15 is 0 Å². The second-order valence-corrected chi connectivity index (χ2v) is 5.69. The van der Waals surface area contributed by atoms with Crippen molar-refractivity contribution in [3.63, 3.8) is 0 Å². The molecule has 1 aliphatic rings. The van der Waals surface area contributed by atoms with Gasteiger partial charge in [-0.2, -0.15) is 0 Å². The number of rotatable bonds is 4. The minimum atomic E-state index is -0.341. The van der Waals surface area contributed by atoms with E-state index in [1.54, 1.807) is 0 Å². The Bertz CT molecular complexity index is 428. The molecule has 1 heterocycles. The fraction of sp³-hybridized carbons (Fsp3) is 0.500. The number of halogens is 1. The molecule has 0 saturated carbocycles. The van der Waals surface area contributed by atoms with E-state index in [-0.39, 0.29) is 11.4 Å². The molecule has 3 nitrogen and oxygen atoms in total. The second kappa shape index (κ2) is 5.85. The van der Waals surface area contributed by atoms with Crippen LogP contribution in [0.5, 0.6) is 0 Å². The van der Waals surface area contributed by atoms with Gasteiger partial charge in [0.05, 0.1) is 5.54 Å². The molecule has 2 N–H and O–H groups in total. The summed E-state index contributed by atoms with van der Waals surface area (Å²) >= 11 is 3.43. The first-order valence-corrected chi connectivity index (χ1v) is 7.23. The minimum absolute atomic E-state index is 0.127. The number of carbonyl (C=O) groups is 1. The zero-order valence-electron chi connectivity index (χ0n) is 10.6. The Morgan fingerprint density at radius 1 is 1.56 bits per heavy atom. The van der Waals surface area contributed by atoms with Crippen LogP contribution in [0.2, 0.25) is 0 Å². The molecule has 1 unspecified atom stereocenters. The standard InChI is InChI=1S/C14H19BrN2O/c1-2-14(7-4-8-17-14)13(18)16-10-11-5-3-6-12(15)9-11/h3,5-6,9,17H,2,4,7-8,10H2,1H3,(H,16,18). The van der Waals surface area contributed by atoms with Gasteiger partial charge in [0.25, 0.3) is 0 Å². The van der Waals surface area contributed by atoms with Gasteiger partial charge in [0.1, 0.15) is 0 Å². The van der Waals surface area contributed by atoms with Gasteiger partial charge in [-0.25, -0.2) is 0 Å². The highest BCUT2D eigenvalue weighted by molar-refractivity contribution is 9.10. The lowest BCUT2D eigenvalue weighted by atomic mass is 9.93. The van der Waals surface area contributed by atoms with Crippen LogP contribution in [-0.2, 0) is 11.3 Å². The van der Waals surface area contributed by atoms with Crippen molar-refractivity contribution in [1.29, 1.82) is 0 Å². The van der Waals surface area contributed by atoms with E-state index in [2.05, 4.69) is 33.5 Å². The van der Waals surface area contributed by atoms with Crippen LogP contribution in [-0.4, -0.2) is 18.0 Å². The molecule has 1 atom stereocenters. The van der Waals surface area contributed by atoms with Crippen LogP contribution in [0.4, 0.5) is 0 Å². The molecule has 1 amide bonds. The predicted octanol–water partition coefficient (Wildman–Crippen LogP) is 2.60. The predicted molar refractivity (Wildman–Crippen MR) is 76.2 cm³/mol. The van der Waals surface area contributed by atoms with Crippen molar-refractivity contribution in [2.75, 3.05) is 6.54 Å². The monoisotopic (exact) mass is 310 g/mol. The summed E-state index contributed by atoms with van der Waals surface area (Å²) in [4.78, 5) is 12.3. The van der Waals surface area contributed by atoms with Gasteiger partial charge in [0.2, 0.25) is 5.91 Å². The molecule has 1 fully saturated rings. The number of benzene rings is 1. The van der Waals surface area contributed by atoms with Gasteiger partial charge >= 0.3 is 0 Å². The topological polar surface area (TPSA) is 41.1 Å². The summed E-state index contributed by atoms with van der Waals surface area (Å²) in [5.41, 5.74) is 0.772. The van der Waals surface area contributed by atoms with E-state index < -0.39 is 0 Å². The van der Waals surface area contributed by atoms with E-state index in [4.69, 9.17) is 0 Å². The molecule has 1 saturated heterocycles. The van der Waals surface area contributed by atoms with E-state index in [0.29, 0.717) is 6.54 Å². The smallest absolute Gasteiger partial charge is 0.240 e. The molecular weight excluding hydrogens is 292 g/mol. The van der Waals surface area contributed by atoms with Gasteiger partial charge in [-0.1, -0.05) is 35.0 Å². The number of hydrogen-bond acceptors (Lipinski definition) is 2. The Hall–Kier alpha value is -0.870. The van der Waals surface area contributed by atoms with Crippen molar-refractivity contribution >= 4 is 21.8 Å². The van der Waals surface area contributed by atoms with Crippen LogP contribution in [0.1, 0.15) is 31.7 Å². The maximum absolute atomic E-state index is 12.3. The molecule has 2 rings (SSSR count). The van der Waals surface area contributed by atoms with Crippen molar-refractivity contribution in [2.45, 2.75) is 38.3 Å². The van der Waals surface area contributed by atoms with E-state index in [9.17, 15) is 4.79 Å². The van der Waals surface area contributed by atoms with Crippen LogP contribution in [0.15, 0.2) is 28.7 Å². The molecule has 0 aromatic heterocycles. The molecule has 98 valence electrons. The van der Waals surface area contributed by atoms with E-state index in [1.165, 1.54) is 0 Å². The lowest BCUT2D eigenvalue weighted by Gasteiger charge is -2.26. The van der Waals surface area contributed by atoms with Gasteiger partial charge in [0.15, 0.2) is 0 Å². The largest absolute Gasteiger partial charge is 0.350 e. The van der Waals surface area contributed by atoms with Crippen LogP contribution < -0.4 is 10.6 Å². The van der Waals surface area contributed by atoms with E-state index in [0.717, 1.165) is 35.8 Å². The average Bonchev–Trinajstić information content (AvgIpc) is 2.86. The fourth-order valence-corrected chi connectivity index (χ4v) is 2.91. The van der Waals surface area contributed by atoms with Gasteiger partial charge in [-0.3, -0.25) is 4.79 Å². The third-order valence-corrected chi connectivity index (χ3v) is 4.12. The molecule has 1 aliphatic heterocycles. The Balaban J connectivity index is 1.95. The SMILES string of the molecule is CCC1(C(=O)NCc2cccc(Br)c2)CCCN1. The zero-order chi connectivity index (χ0) is 13.0. The van der Waals surface area contributed by atoms with Crippen LogP contribution in [0.25, 0.3) is 0 Å². The second-order valence-electron chi connectivity index (χ2n) is 4.78. The Morgan fingerprint density at radius 3 is 3.00 bits per heavy atom. The van der Waals surface area contributed by atoms with Gasteiger partial charge < -0.3 is 10.6 Å². The molecule has 0 bridgehead atoms. The summed E-state index contributed by atoms with van der Waals surface area (Å²) in [5, 5.41) is 6.38. The van der Waals surface area contributed by atoms with Gasteiger partial charge in [0, 0.05) is 11.0 Å². The van der Waals surface area contributed by atoms with Crippen molar-refractivity contribution in [1.82, 2.24) is 10.6 Å². The Kier molecular flexibility index (Phi) is 4.40. The van der Waals surface area contributed by atoms with Crippen LogP contribution >= 0.6 is 15.9 Å². The van der Waals surface area contributed by atoms with Crippen molar-refractivity contribution in [3.05, 3.63) is 34.3 Å². The molecule has 0 spiro atoms. The average molecular weight is 311 g/mol. The van der Waals surface area contributed by atoms with Crippen LogP contribution in [0, 0.1) is 0 Å². The highest BCUT2D eigenvalue weighted by Crippen LogP contribution is 2.23. The summed E-state index contributed by atoms with van der Waals surface area (Å²) in [6.07, 6.45) is 2.86. The third kappa shape index (κ3) is 2.93. The quantitative estimate of drug-likeness (QED) is 0.897. The first kappa shape index (κ1) is 13.6. The minimum Gasteiger partial charge on any atom is -0.350 e. The summed E-state index contributed by atoms with van der Waals surface area (Å²) < 4.78 is 1.04. The summed E-state index contributed by atoms with van der Waals surface area (Å²) in [6.45, 7) is 3.59. The lowest BCUT2D eigenvalue weighted by molar-refractivity contribution is -0.127. The fourth-order valence-electron chi connectivity index (χ4n) is 2.46. The molecule has 0 radical (unpaired) electrons. The normalized spacial score (nSPS) is 23.0. The molecule has 4 heteroatoms. The molecule has 18 heavy (non-hydrogen) atoms. The maximum atomic E-state index is 12.3. The highest BCUT2D eigenvalue weighted by Gasteiger charge is 2.38. The lowest BCUT2D eigenvalue weighted by Crippen LogP contribution is -2.52. The van der Waals surface area contributed by atoms with Crippen molar-refractivity contribution in [2.24, 2.45) is 0 Å². The summed E-state index contributed by atoms with van der Waals surface area (Å²) in [7, 11) is 0. The van der Waals surface area contributed by atoms with E-state index in [1.807, 2.05) is 24.3 Å².